The minimum absolute atomic E-state index is 0.0251. The summed E-state index contributed by atoms with van der Waals surface area (Å²) in [4.78, 5) is 26.5. The molecule has 1 aliphatic heterocycles. The maximum atomic E-state index is 12.9. The van der Waals surface area contributed by atoms with E-state index in [2.05, 4.69) is 26.1 Å². The molecule has 5 rings (SSSR count). The first-order valence-electron chi connectivity index (χ1n) is 10.4. The third kappa shape index (κ3) is 3.72. The first kappa shape index (κ1) is 19.9. The van der Waals surface area contributed by atoms with Gasteiger partial charge in [-0.3, -0.25) is 9.48 Å². The van der Waals surface area contributed by atoms with Crippen molar-refractivity contribution in [2.45, 2.75) is 12.5 Å². The van der Waals surface area contributed by atoms with Crippen LogP contribution in [0.25, 0.3) is 22.3 Å². The highest BCUT2D eigenvalue weighted by atomic mass is 16.5. The van der Waals surface area contributed by atoms with Crippen molar-refractivity contribution in [1.82, 2.24) is 29.6 Å². The number of aromatic nitrogens is 5. The number of benzene rings is 1. The number of morpholine rings is 1. The third-order valence-electron chi connectivity index (χ3n) is 5.65. The van der Waals surface area contributed by atoms with Crippen LogP contribution < -0.4 is 0 Å². The molecular weight excluding hydrogens is 406 g/mol. The Labute approximate surface area is 184 Å². The van der Waals surface area contributed by atoms with E-state index >= 15 is 0 Å². The molecule has 3 aromatic heterocycles. The fourth-order valence-corrected chi connectivity index (χ4v) is 4.01. The second-order valence-corrected chi connectivity index (χ2v) is 7.58. The maximum absolute atomic E-state index is 12.9. The summed E-state index contributed by atoms with van der Waals surface area (Å²) in [6.45, 7) is 2.27. The standard InChI is InChI=1S/C23H21N7O2/c24-6-4-20(16-2-1-3-17(12-16)23(31)29-8-10-32-11-9-29)30-14-18(13-28-30)21-19-5-7-25-22(19)27-15-26-21/h1-3,5,7,12-15,20H,4,8-11H2,(H,25,26,27). The van der Waals surface area contributed by atoms with E-state index < -0.39 is 0 Å². The largest absolute Gasteiger partial charge is 0.378 e. The second kappa shape index (κ2) is 8.61. The summed E-state index contributed by atoms with van der Waals surface area (Å²) in [7, 11) is 0. The molecular formula is C23H21N7O2. The Morgan fingerprint density at radius 2 is 2.12 bits per heavy atom. The zero-order valence-electron chi connectivity index (χ0n) is 17.3. The van der Waals surface area contributed by atoms with Gasteiger partial charge < -0.3 is 14.6 Å². The summed E-state index contributed by atoms with van der Waals surface area (Å²) in [6, 6.07) is 11.3. The number of nitrogens with zero attached hydrogens (tertiary/aromatic N) is 6. The Hall–Kier alpha value is -4.03. The number of hydrogen-bond acceptors (Lipinski definition) is 6. The van der Waals surface area contributed by atoms with Gasteiger partial charge in [0.05, 0.1) is 43.6 Å². The van der Waals surface area contributed by atoms with Crippen LogP contribution in [-0.4, -0.2) is 61.8 Å². The Morgan fingerprint density at radius 1 is 1.25 bits per heavy atom. The Balaban J connectivity index is 1.46. The lowest BCUT2D eigenvalue weighted by molar-refractivity contribution is 0.0303. The van der Waals surface area contributed by atoms with Crippen molar-refractivity contribution in [2.24, 2.45) is 0 Å². The molecule has 0 bridgehead atoms. The van der Waals surface area contributed by atoms with Crippen molar-refractivity contribution in [3.8, 4) is 17.3 Å². The molecule has 1 saturated heterocycles. The van der Waals surface area contributed by atoms with Crippen LogP contribution in [0.5, 0.6) is 0 Å². The number of H-pyrrole nitrogens is 1. The topological polar surface area (TPSA) is 113 Å². The fraction of sp³-hybridized carbons (Fsp3) is 0.261. The maximum Gasteiger partial charge on any atom is 0.254 e. The minimum Gasteiger partial charge on any atom is -0.378 e. The number of hydrogen-bond donors (Lipinski definition) is 1. The molecule has 1 amide bonds. The average Bonchev–Trinajstić information content (AvgIpc) is 3.52. The van der Waals surface area contributed by atoms with Gasteiger partial charge in [0.15, 0.2) is 0 Å². The van der Waals surface area contributed by atoms with E-state index in [-0.39, 0.29) is 18.4 Å². The third-order valence-corrected chi connectivity index (χ3v) is 5.65. The van der Waals surface area contributed by atoms with E-state index in [1.807, 2.05) is 42.7 Å². The van der Waals surface area contributed by atoms with Crippen molar-refractivity contribution < 1.29 is 9.53 Å². The van der Waals surface area contributed by atoms with Crippen LogP contribution in [0.3, 0.4) is 0 Å². The molecule has 0 saturated carbocycles. The van der Waals surface area contributed by atoms with Gasteiger partial charge >= 0.3 is 0 Å². The monoisotopic (exact) mass is 427 g/mol. The quantitative estimate of drug-likeness (QED) is 0.524. The fourth-order valence-electron chi connectivity index (χ4n) is 4.01. The molecule has 9 nitrogen and oxygen atoms in total. The lowest BCUT2D eigenvalue weighted by atomic mass is 10.0. The molecule has 1 aliphatic rings. The van der Waals surface area contributed by atoms with Crippen LogP contribution in [-0.2, 0) is 4.74 Å². The van der Waals surface area contributed by atoms with E-state index in [1.165, 1.54) is 6.33 Å². The van der Waals surface area contributed by atoms with Crippen LogP contribution in [0.1, 0.15) is 28.4 Å². The molecule has 160 valence electrons. The molecule has 0 radical (unpaired) electrons. The highest BCUT2D eigenvalue weighted by Crippen LogP contribution is 2.28. The van der Waals surface area contributed by atoms with Gasteiger partial charge in [-0.2, -0.15) is 10.4 Å². The summed E-state index contributed by atoms with van der Waals surface area (Å²) in [5.74, 6) is -0.0251. The zero-order valence-corrected chi connectivity index (χ0v) is 17.3. The van der Waals surface area contributed by atoms with Crippen molar-refractivity contribution >= 4 is 16.9 Å². The number of carbonyl (C=O) groups is 1. The molecule has 0 aliphatic carbocycles. The molecule has 0 spiro atoms. The normalized spacial score (nSPS) is 14.9. The van der Waals surface area contributed by atoms with Crippen LogP contribution >= 0.6 is 0 Å². The first-order valence-corrected chi connectivity index (χ1v) is 10.4. The van der Waals surface area contributed by atoms with Crippen molar-refractivity contribution in [3.05, 3.63) is 66.4 Å². The molecule has 4 heterocycles. The first-order chi connectivity index (χ1) is 15.7. The van der Waals surface area contributed by atoms with Crippen molar-refractivity contribution in [1.29, 1.82) is 5.26 Å². The smallest absolute Gasteiger partial charge is 0.254 e. The molecule has 1 atom stereocenters. The Morgan fingerprint density at radius 3 is 2.97 bits per heavy atom. The Kier molecular flexibility index (Phi) is 5.35. The van der Waals surface area contributed by atoms with E-state index in [0.29, 0.717) is 31.9 Å². The molecule has 32 heavy (non-hydrogen) atoms. The number of nitrogens with one attached hydrogen (secondary N) is 1. The van der Waals surface area contributed by atoms with Gasteiger partial charge in [0.2, 0.25) is 0 Å². The molecule has 1 unspecified atom stereocenters. The molecule has 9 heteroatoms. The van der Waals surface area contributed by atoms with Crippen molar-refractivity contribution in [3.63, 3.8) is 0 Å². The predicted molar refractivity (Wildman–Crippen MR) is 117 cm³/mol. The van der Waals surface area contributed by atoms with Crippen LogP contribution in [0.4, 0.5) is 0 Å². The Bertz CT molecular complexity index is 1300. The van der Waals surface area contributed by atoms with Gasteiger partial charge in [-0.1, -0.05) is 12.1 Å². The van der Waals surface area contributed by atoms with Crippen molar-refractivity contribution in [2.75, 3.05) is 26.3 Å². The summed E-state index contributed by atoms with van der Waals surface area (Å²) in [5.41, 5.74) is 3.82. The molecule has 4 aromatic rings. The average molecular weight is 427 g/mol. The van der Waals surface area contributed by atoms with Gasteiger partial charge in [-0.05, 0) is 23.8 Å². The van der Waals surface area contributed by atoms with E-state index in [1.54, 1.807) is 15.8 Å². The van der Waals surface area contributed by atoms with Gasteiger partial charge in [0.25, 0.3) is 5.91 Å². The summed E-state index contributed by atoms with van der Waals surface area (Å²) in [6.07, 6.45) is 7.18. The zero-order chi connectivity index (χ0) is 21.9. The number of fused-ring (bicyclic) bond motifs is 1. The number of aromatic amines is 1. The highest BCUT2D eigenvalue weighted by Gasteiger charge is 2.21. The molecule has 1 aromatic carbocycles. The highest BCUT2D eigenvalue weighted by molar-refractivity contribution is 5.94. The SMILES string of the molecule is N#CCC(c1cccc(C(=O)N2CCOCC2)c1)n1cc(-c2ncnc3[nH]ccc23)cn1. The van der Waals surface area contributed by atoms with Crippen LogP contribution in [0, 0.1) is 11.3 Å². The lowest BCUT2D eigenvalue weighted by Crippen LogP contribution is -2.40. The van der Waals surface area contributed by atoms with E-state index in [0.717, 1.165) is 27.9 Å². The molecule has 1 fully saturated rings. The summed E-state index contributed by atoms with van der Waals surface area (Å²) >= 11 is 0. The van der Waals surface area contributed by atoms with Crippen LogP contribution in [0.2, 0.25) is 0 Å². The predicted octanol–water partition coefficient (Wildman–Crippen LogP) is 2.80. The number of rotatable bonds is 5. The molecule has 1 N–H and O–H groups in total. The van der Waals surface area contributed by atoms with E-state index in [4.69, 9.17) is 4.74 Å². The van der Waals surface area contributed by atoms with Gasteiger partial charge in [0, 0.05) is 42.0 Å². The number of carbonyl (C=O) groups excluding carboxylic acids is 1. The summed E-state index contributed by atoms with van der Waals surface area (Å²) in [5, 5.41) is 14.9. The number of ether oxygens (including phenoxy) is 1. The number of nitriles is 1. The van der Waals surface area contributed by atoms with Gasteiger partial charge in [-0.15, -0.1) is 0 Å². The van der Waals surface area contributed by atoms with E-state index in [9.17, 15) is 10.1 Å². The summed E-state index contributed by atoms with van der Waals surface area (Å²) < 4.78 is 7.11. The van der Waals surface area contributed by atoms with Crippen LogP contribution in [0.15, 0.2) is 55.2 Å². The lowest BCUT2D eigenvalue weighted by Gasteiger charge is -2.27. The number of amides is 1. The van der Waals surface area contributed by atoms with Gasteiger partial charge in [0.1, 0.15) is 12.0 Å². The van der Waals surface area contributed by atoms with Gasteiger partial charge in [-0.25, -0.2) is 9.97 Å². The second-order valence-electron chi connectivity index (χ2n) is 7.58. The minimum atomic E-state index is -0.324.